The third kappa shape index (κ3) is 13.7. The molecule has 10 nitrogen and oxygen atoms in total. The maximum atomic E-state index is 11.3. The number of carbonyl (C=O) groups excluding carboxylic acids is 4. The first-order chi connectivity index (χ1) is 24.6. The third-order valence-electron chi connectivity index (χ3n) is 9.46. The molecular weight excluding hydrogens is 744 g/mol. The molecule has 1 aliphatic rings. The molecular formula is C41H38Na4O10. The first kappa shape index (κ1) is 51.4. The van der Waals surface area contributed by atoms with E-state index < -0.39 is 23.9 Å². The van der Waals surface area contributed by atoms with Crippen molar-refractivity contribution in [3.63, 3.8) is 0 Å². The molecule has 0 unspecified atom stereocenters. The van der Waals surface area contributed by atoms with Crippen molar-refractivity contribution in [2.75, 3.05) is 13.2 Å². The summed E-state index contributed by atoms with van der Waals surface area (Å²) in [4.78, 5) is 45.1. The van der Waals surface area contributed by atoms with E-state index in [2.05, 4.69) is 48.5 Å². The van der Waals surface area contributed by atoms with Gasteiger partial charge in [-0.15, -0.1) is 0 Å². The molecule has 4 aromatic rings. The van der Waals surface area contributed by atoms with Gasteiger partial charge in [0, 0.05) is 27.7 Å². The summed E-state index contributed by atoms with van der Waals surface area (Å²) in [7, 11) is 0. The Bertz CT molecular complexity index is 1710. The van der Waals surface area contributed by atoms with Gasteiger partial charge in [0.05, 0.1) is 37.1 Å². The van der Waals surface area contributed by atoms with E-state index in [0.717, 1.165) is 63.5 Å². The summed E-state index contributed by atoms with van der Waals surface area (Å²) in [6.07, 6.45) is 8.96. The monoisotopic (exact) mass is 782 g/mol. The number of rotatable bonds is 20. The van der Waals surface area contributed by atoms with E-state index in [0.29, 0.717) is 26.1 Å². The molecule has 0 radical (unpaired) electrons. The smallest absolute Gasteiger partial charge is 0.545 e. The molecule has 0 bridgehead atoms. The van der Waals surface area contributed by atoms with Gasteiger partial charge < -0.3 is 49.1 Å². The molecule has 266 valence electrons. The number of ether oxygens (including phenoxy) is 2. The van der Waals surface area contributed by atoms with Crippen LogP contribution in [0.4, 0.5) is 0 Å². The number of carboxylic acid groups (broad SMARTS) is 4. The molecule has 0 aliphatic heterocycles. The zero-order valence-electron chi connectivity index (χ0n) is 32.2. The molecule has 55 heavy (non-hydrogen) atoms. The van der Waals surface area contributed by atoms with Gasteiger partial charge in [-0.2, -0.15) is 0 Å². The van der Waals surface area contributed by atoms with Crippen LogP contribution in [-0.2, 0) is 5.41 Å². The van der Waals surface area contributed by atoms with Crippen LogP contribution in [0.25, 0.3) is 11.1 Å². The summed E-state index contributed by atoms with van der Waals surface area (Å²) < 4.78 is 11.4. The van der Waals surface area contributed by atoms with Gasteiger partial charge >= 0.3 is 118 Å². The Kier molecular flexibility index (Phi) is 23.3. The van der Waals surface area contributed by atoms with Gasteiger partial charge in [-0.05, 0) is 84.3 Å². The van der Waals surface area contributed by atoms with E-state index in [-0.39, 0.29) is 157 Å². The SMILES string of the molecule is O=C([O-])c1cc(OCCCCCCC2(CCCCCCOc3cc(C(=O)[O-])cc(C(=O)[O-])c3)c3ccccc3-c3ccccc32)cc(C(=O)[O-])c1.[Na+].[Na+].[Na+].[Na+]. The van der Waals surface area contributed by atoms with Gasteiger partial charge in [-0.3, -0.25) is 0 Å². The minimum absolute atomic E-state index is 0. The average molecular weight is 783 g/mol. The fraction of sp³-hybridized carbons (Fsp3) is 0.317. The minimum atomic E-state index is -1.49. The number of carboxylic acids is 4. The summed E-state index contributed by atoms with van der Waals surface area (Å²) in [5, 5.41) is 45.1. The number of fused-ring (bicyclic) bond motifs is 3. The molecule has 0 amide bonds. The van der Waals surface area contributed by atoms with Gasteiger partial charge in [-0.25, -0.2) is 0 Å². The second-order valence-corrected chi connectivity index (χ2v) is 12.8. The van der Waals surface area contributed by atoms with Crippen molar-refractivity contribution in [1.82, 2.24) is 0 Å². The predicted octanol–water partition coefficient (Wildman–Crippen LogP) is -8.52. The van der Waals surface area contributed by atoms with Crippen LogP contribution in [0.1, 0.15) is 117 Å². The second kappa shape index (κ2) is 25.0. The van der Waals surface area contributed by atoms with Crippen LogP contribution < -0.4 is 148 Å². The van der Waals surface area contributed by atoms with Gasteiger partial charge in [0.15, 0.2) is 0 Å². The topological polar surface area (TPSA) is 179 Å². The Hall–Kier alpha value is -1.64. The zero-order chi connectivity index (χ0) is 36.4. The maximum Gasteiger partial charge on any atom is 1.00 e. The summed E-state index contributed by atoms with van der Waals surface area (Å²) >= 11 is 0. The number of unbranched alkanes of at least 4 members (excludes halogenated alkanes) is 6. The normalized spacial score (nSPS) is 11.6. The first-order valence-electron chi connectivity index (χ1n) is 17.2. The summed E-state index contributed by atoms with van der Waals surface area (Å²) in [6, 6.07) is 24.2. The van der Waals surface area contributed by atoms with E-state index >= 15 is 0 Å². The minimum Gasteiger partial charge on any atom is -0.545 e. The fourth-order valence-electron chi connectivity index (χ4n) is 7.06. The molecule has 0 aromatic heterocycles. The number of hydrogen-bond acceptors (Lipinski definition) is 10. The number of carbonyl (C=O) groups is 4. The molecule has 4 aromatic carbocycles. The van der Waals surface area contributed by atoms with Crippen LogP contribution >= 0.6 is 0 Å². The molecule has 0 saturated carbocycles. The molecule has 0 fully saturated rings. The number of hydrogen-bond donors (Lipinski definition) is 0. The third-order valence-corrected chi connectivity index (χ3v) is 9.46. The zero-order valence-corrected chi connectivity index (χ0v) is 40.2. The molecule has 0 atom stereocenters. The number of benzene rings is 4. The fourth-order valence-corrected chi connectivity index (χ4v) is 7.06. The Morgan fingerprint density at radius 1 is 0.436 bits per heavy atom. The van der Waals surface area contributed by atoms with E-state index in [1.165, 1.54) is 46.5 Å². The van der Waals surface area contributed by atoms with Crippen molar-refractivity contribution in [2.24, 2.45) is 0 Å². The van der Waals surface area contributed by atoms with Crippen molar-refractivity contribution in [3.05, 3.63) is 118 Å². The van der Waals surface area contributed by atoms with Crippen molar-refractivity contribution in [3.8, 4) is 22.6 Å². The van der Waals surface area contributed by atoms with Crippen LogP contribution in [0.15, 0.2) is 84.9 Å². The van der Waals surface area contributed by atoms with Crippen LogP contribution in [0, 0.1) is 0 Å². The molecule has 14 heteroatoms. The molecule has 0 spiro atoms. The Labute approximate surface area is 410 Å². The predicted molar refractivity (Wildman–Crippen MR) is 180 cm³/mol. The van der Waals surface area contributed by atoms with E-state index in [1.807, 2.05) is 0 Å². The Balaban J connectivity index is 0.00000378. The van der Waals surface area contributed by atoms with Crippen LogP contribution in [0.3, 0.4) is 0 Å². The van der Waals surface area contributed by atoms with Gasteiger partial charge in [-0.1, -0.05) is 87.1 Å². The van der Waals surface area contributed by atoms with Gasteiger partial charge in [0.2, 0.25) is 0 Å². The summed E-state index contributed by atoms with van der Waals surface area (Å²) in [5.74, 6) is -5.66. The molecule has 0 heterocycles. The standard InChI is InChI=1S/C41H42O10.4Na/c42-37(43)27-21-28(38(44)45)24-31(23-27)50-19-11-3-1-9-17-41(35-15-7-5-13-33(35)34-14-6-8-16-36(34)41)18-10-2-4-12-20-51-32-25-29(39(46)47)22-30(26-32)40(48)49;;;;/h5-8,13-16,21-26H,1-4,9-12,17-20H2,(H,42,43)(H,44,45)(H,46,47)(H,48,49);;;;/q;4*+1/p-4. The maximum absolute atomic E-state index is 11.3. The van der Waals surface area contributed by atoms with Crippen molar-refractivity contribution < 1.29 is 167 Å². The van der Waals surface area contributed by atoms with Crippen LogP contribution in [0.5, 0.6) is 11.5 Å². The molecule has 0 N–H and O–H groups in total. The largest absolute Gasteiger partial charge is 1.00 e. The number of aromatic carboxylic acids is 4. The molecule has 0 saturated heterocycles. The van der Waals surface area contributed by atoms with Crippen LogP contribution in [-0.4, -0.2) is 37.1 Å². The Morgan fingerprint density at radius 3 is 1.07 bits per heavy atom. The van der Waals surface area contributed by atoms with Crippen LogP contribution in [0.2, 0.25) is 0 Å². The van der Waals surface area contributed by atoms with Crippen molar-refractivity contribution in [2.45, 2.75) is 69.6 Å². The van der Waals surface area contributed by atoms with Crippen molar-refractivity contribution in [1.29, 1.82) is 0 Å². The molecule has 5 rings (SSSR count). The quantitative estimate of drug-likeness (QED) is 0.0618. The van der Waals surface area contributed by atoms with Crippen molar-refractivity contribution >= 4 is 23.9 Å². The average Bonchev–Trinajstić information content (AvgIpc) is 3.40. The van der Waals surface area contributed by atoms with Gasteiger partial charge in [0.1, 0.15) is 11.5 Å². The van der Waals surface area contributed by atoms with E-state index in [4.69, 9.17) is 9.47 Å². The molecule has 1 aliphatic carbocycles. The Morgan fingerprint density at radius 2 is 0.745 bits per heavy atom. The van der Waals surface area contributed by atoms with E-state index in [1.54, 1.807) is 0 Å². The van der Waals surface area contributed by atoms with E-state index in [9.17, 15) is 39.6 Å². The summed E-state index contributed by atoms with van der Waals surface area (Å²) in [6.45, 7) is 0.618. The second-order valence-electron chi connectivity index (χ2n) is 12.8. The first-order valence-corrected chi connectivity index (χ1v) is 17.2. The van der Waals surface area contributed by atoms with Gasteiger partial charge in [0.25, 0.3) is 0 Å². The summed E-state index contributed by atoms with van der Waals surface area (Å²) in [5.41, 5.74) is 3.95.